The molecule has 1 aliphatic rings. The first kappa shape index (κ1) is 16.6. The molecule has 1 N–H and O–H groups in total. The Morgan fingerprint density at radius 2 is 2.23 bits per heavy atom. The SMILES string of the molecule is CCOC(=O)C(C)Nc1ccccc1OCC1CCCCO1. The number of esters is 1. The van der Waals surface area contributed by atoms with E-state index in [-0.39, 0.29) is 12.1 Å². The zero-order chi connectivity index (χ0) is 15.8. The number of rotatable bonds is 7. The van der Waals surface area contributed by atoms with Crippen LogP contribution in [-0.2, 0) is 14.3 Å². The van der Waals surface area contributed by atoms with Gasteiger partial charge in [0.2, 0.25) is 0 Å². The van der Waals surface area contributed by atoms with E-state index < -0.39 is 6.04 Å². The number of ether oxygens (including phenoxy) is 3. The Balaban J connectivity index is 1.92. The number of carbonyl (C=O) groups excluding carboxylic acids is 1. The molecule has 0 radical (unpaired) electrons. The van der Waals surface area contributed by atoms with E-state index in [9.17, 15) is 4.79 Å². The van der Waals surface area contributed by atoms with Crippen LogP contribution in [0.5, 0.6) is 5.75 Å². The van der Waals surface area contributed by atoms with E-state index in [0.29, 0.717) is 13.2 Å². The molecule has 0 spiro atoms. The fourth-order valence-electron chi connectivity index (χ4n) is 2.39. The van der Waals surface area contributed by atoms with Gasteiger partial charge in [-0.25, -0.2) is 4.79 Å². The van der Waals surface area contributed by atoms with Crippen LogP contribution in [0, 0.1) is 0 Å². The zero-order valence-corrected chi connectivity index (χ0v) is 13.3. The van der Waals surface area contributed by atoms with Crippen molar-refractivity contribution in [3.8, 4) is 5.75 Å². The summed E-state index contributed by atoms with van der Waals surface area (Å²) in [6.45, 7) is 5.30. The third-order valence-corrected chi connectivity index (χ3v) is 3.60. The minimum atomic E-state index is -0.421. The third-order valence-electron chi connectivity index (χ3n) is 3.60. The molecule has 0 aromatic heterocycles. The normalized spacial score (nSPS) is 19.3. The van der Waals surface area contributed by atoms with Crippen LogP contribution in [0.4, 0.5) is 5.69 Å². The number of benzene rings is 1. The van der Waals surface area contributed by atoms with Crippen molar-refractivity contribution in [1.29, 1.82) is 0 Å². The largest absolute Gasteiger partial charge is 0.489 e. The topological polar surface area (TPSA) is 56.8 Å². The summed E-state index contributed by atoms with van der Waals surface area (Å²) in [7, 11) is 0. The van der Waals surface area contributed by atoms with Gasteiger partial charge < -0.3 is 19.5 Å². The van der Waals surface area contributed by atoms with Gasteiger partial charge >= 0.3 is 5.97 Å². The molecule has 0 amide bonds. The lowest BCUT2D eigenvalue weighted by Gasteiger charge is -2.23. The first-order valence-corrected chi connectivity index (χ1v) is 7.97. The first-order valence-electron chi connectivity index (χ1n) is 7.97. The molecular formula is C17H25NO4. The summed E-state index contributed by atoms with van der Waals surface area (Å²) < 4.78 is 16.6. The summed E-state index contributed by atoms with van der Waals surface area (Å²) in [4.78, 5) is 11.7. The van der Waals surface area contributed by atoms with Crippen LogP contribution in [-0.4, -0.2) is 37.9 Å². The van der Waals surface area contributed by atoms with Crippen LogP contribution in [0.1, 0.15) is 33.1 Å². The molecule has 1 aromatic carbocycles. The van der Waals surface area contributed by atoms with Crippen molar-refractivity contribution in [1.82, 2.24) is 0 Å². The van der Waals surface area contributed by atoms with Crippen molar-refractivity contribution < 1.29 is 19.0 Å². The average Bonchev–Trinajstić information content (AvgIpc) is 2.55. The van der Waals surface area contributed by atoms with Crippen molar-refractivity contribution in [3.05, 3.63) is 24.3 Å². The number of nitrogens with one attached hydrogen (secondary N) is 1. The molecule has 1 aromatic rings. The van der Waals surface area contributed by atoms with Gasteiger partial charge in [-0.3, -0.25) is 0 Å². The molecule has 122 valence electrons. The second-order valence-corrected chi connectivity index (χ2v) is 5.41. The number of anilines is 1. The van der Waals surface area contributed by atoms with Gasteiger partial charge in [-0.05, 0) is 45.2 Å². The monoisotopic (exact) mass is 307 g/mol. The summed E-state index contributed by atoms with van der Waals surface area (Å²) in [5.41, 5.74) is 0.791. The molecule has 22 heavy (non-hydrogen) atoms. The highest BCUT2D eigenvalue weighted by Gasteiger charge is 2.17. The van der Waals surface area contributed by atoms with Crippen molar-refractivity contribution in [2.45, 2.75) is 45.3 Å². The van der Waals surface area contributed by atoms with E-state index in [1.807, 2.05) is 24.3 Å². The molecule has 0 aliphatic carbocycles. The van der Waals surface area contributed by atoms with E-state index in [2.05, 4.69) is 5.32 Å². The van der Waals surface area contributed by atoms with Gasteiger partial charge in [-0.2, -0.15) is 0 Å². The van der Waals surface area contributed by atoms with Gasteiger partial charge in [-0.15, -0.1) is 0 Å². The number of carbonyl (C=O) groups is 1. The van der Waals surface area contributed by atoms with E-state index in [4.69, 9.17) is 14.2 Å². The fourth-order valence-corrected chi connectivity index (χ4v) is 2.39. The quantitative estimate of drug-likeness (QED) is 0.785. The lowest BCUT2D eigenvalue weighted by atomic mass is 10.1. The van der Waals surface area contributed by atoms with E-state index in [0.717, 1.165) is 30.9 Å². The van der Waals surface area contributed by atoms with Crippen molar-refractivity contribution >= 4 is 11.7 Å². The summed E-state index contributed by atoms with van der Waals surface area (Å²) in [6.07, 6.45) is 3.51. The average molecular weight is 307 g/mol. The number of hydrogen-bond acceptors (Lipinski definition) is 5. The Kier molecular flexibility index (Phi) is 6.52. The Morgan fingerprint density at radius 3 is 2.95 bits per heavy atom. The molecule has 2 atom stereocenters. The van der Waals surface area contributed by atoms with Crippen molar-refractivity contribution in [2.75, 3.05) is 25.1 Å². The van der Waals surface area contributed by atoms with E-state index >= 15 is 0 Å². The smallest absolute Gasteiger partial charge is 0.328 e. The molecule has 0 bridgehead atoms. The van der Waals surface area contributed by atoms with Gasteiger partial charge in [0.25, 0.3) is 0 Å². The second-order valence-electron chi connectivity index (χ2n) is 5.41. The van der Waals surface area contributed by atoms with Crippen LogP contribution in [0.15, 0.2) is 24.3 Å². The summed E-state index contributed by atoms with van der Waals surface area (Å²) in [5, 5.41) is 3.14. The Bertz CT molecular complexity index is 471. The Morgan fingerprint density at radius 1 is 1.41 bits per heavy atom. The van der Waals surface area contributed by atoms with E-state index in [1.54, 1.807) is 13.8 Å². The molecular weight excluding hydrogens is 282 g/mol. The standard InChI is InChI=1S/C17H25NO4/c1-3-20-17(19)13(2)18-15-9-4-5-10-16(15)22-12-14-8-6-7-11-21-14/h4-5,9-10,13-14,18H,3,6-8,11-12H2,1-2H3. The minimum Gasteiger partial charge on any atom is -0.489 e. The van der Waals surface area contributed by atoms with Gasteiger partial charge in [0.05, 0.1) is 18.4 Å². The molecule has 1 aliphatic heterocycles. The van der Waals surface area contributed by atoms with Gasteiger partial charge in [0.1, 0.15) is 18.4 Å². The lowest BCUT2D eigenvalue weighted by molar-refractivity contribution is -0.143. The fraction of sp³-hybridized carbons (Fsp3) is 0.588. The number of hydrogen-bond donors (Lipinski definition) is 1. The van der Waals surface area contributed by atoms with Gasteiger partial charge in [-0.1, -0.05) is 12.1 Å². The second kappa shape index (κ2) is 8.63. The van der Waals surface area contributed by atoms with E-state index in [1.165, 1.54) is 6.42 Å². The van der Waals surface area contributed by atoms with Crippen molar-refractivity contribution in [3.63, 3.8) is 0 Å². The van der Waals surface area contributed by atoms with Crippen LogP contribution in [0.3, 0.4) is 0 Å². The van der Waals surface area contributed by atoms with Crippen LogP contribution < -0.4 is 10.1 Å². The van der Waals surface area contributed by atoms with Crippen LogP contribution >= 0.6 is 0 Å². The number of para-hydroxylation sites is 2. The maximum Gasteiger partial charge on any atom is 0.328 e. The molecule has 1 heterocycles. The Hall–Kier alpha value is -1.75. The van der Waals surface area contributed by atoms with Crippen LogP contribution in [0.25, 0.3) is 0 Å². The van der Waals surface area contributed by atoms with Crippen molar-refractivity contribution in [2.24, 2.45) is 0 Å². The molecule has 5 nitrogen and oxygen atoms in total. The molecule has 0 saturated carbocycles. The third kappa shape index (κ3) is 4.91. The predicted molar refractivity (Wildman–Crippen MR) is 85.2 cm³/mol. The molecule has 1 fully saturated rings. The molecule has 2 unspecified atom stereocenters. The molecule has 1 saturated heterocycles. The maximum absolute atomic E-state index is 11.7. The highest BCUT2D eigenvalue weighted by Crippen LogP contribution is 2.25. The summed E-state index contributed by atoms with van der Waals surface area (Å²) in [6, 6.07) is 7.19. The minimum absolute atomic E-state index is 0.157. The lowest BCUT2D eigenvalue weighted by Crippen LogP contribution is -2.29. The molecule has 5 heteroatoms. The molecule has 2 rings (SSSR count). The predicted octanol–water partition coefficient (Wildman–Crippen LogP) is 3.00. The zero-order valence-electron chi connectivity index (χ0n) is 13.3. The van der Waals surface area contributed by atoms with Crippen LogP contribution in [0.2, 0.25) is 0 Å². The Labute approximate surface area is 131 Å². The highest BCUT2D eigenvalue weighted by atomic mass is 16.5. The summed E-state index contributed by atoms with van der Waals surface area (Å²) >= 11 is 0. The maximum atomic E-state index is 11.7. The highest BCUT2D eigenvalue weighted by molar-refractivity contribution is 5.79. The first-order chi connectivity index (χ1) is 10.7. The van der Waals surface area contributed by atoms with Gasteiger partial charge in [0, 0.05) is 6.61 Å². The summed E-state index contributed by atoms with van der Waals surface area (Å²) in [5.74, 6) is 0.459. The van der Waals surface area contributed by atoms with Gasteiger partial charge in [0.15, 0.2) is 0 Å².